The first-order valence-electron chi connectivity index (χ1n) is 8.07. The van der Waals surface area contributed by atoms with Gasteiger partial charge in [0.1, 0.15) is 24.5 Å². The molecule has 1 saturated heterocycles. The first-order chi connectivity index (χ1) is 11.1. The summed E-state index contributed by atoms with van der Waals surface area (Å²) in [6, 6.07) is 0.497. The maximum Gasteiger partial charge on any atom is 0.257 e. The summed E-state index contributed by atoms with van der Waals surface area (Å²) in [5, 5.41) is 23.0. The van der Waals surface area contributed by atoms with Crippen LogP contribution in [0.1, 0.15) is 42.5 Å². The van der Waals surface area contributed by atoms with E-state index in [4.69, 9.17) is 4.42 Å². The summed E-state index contributed by atoms with van der Waals surface area (Å²) in [5.41, 5.74) is 0.293. The minimum absolute atomic E-state index is 0.0755. The number of amides is 2. The van der Waals surface area contributed by atoms with Gasteiger partial charge in [-0.3, -0.25) is 9.59 Å². The predicted molar refractivity (Wildman–Crippen MR) is 80.6 cm³/mol. The number of aliphatic hydroxyl groups excluding tert-OH is 2. The van der Waals surface area contributed by atoms with Crippen molar-refractivity contribution >= 4 is 11.8 Å². The summed E-state index contributed by atoms with van der Waals surface area (Å²) >= 11 is 0. The third-order valence-electron chi connectivity index (χ3n) is 4.69. The van der Waals surface area contributed by atoms with Crippen LogP contribution >= 0.6 is 0 Å². The molecule has 1 aromatic heterocycles. The lowest BCUT2D eigenvalue weighted by atomic mass is 9.95. The number of hydrogen-bond donors (Lipinski definition) is 3. The molecule has 0 aromatic carbocycles. The second-order valence-electron chi connectivity index (χ2n) is 6.32. The second kappa shape index (κ2) is 6.72. The predicted octanol–water partition coefficient (Wildman–Crippen LogP) is 0.275. The van der Waals surface area contributed by atoms with Crippen LogP contribution in [0.15, 0.2) is 23.0 Å². The van der Waals surface area contributed by atoms with Crippen LogP contribution in [0.3, 0.4) is 0 Å². The van der Waals surface area contributed by atoms with Crippen molar-refractivity contribution in [2.24, 2.45) is 0 Å². The summed E-state index contributed by atoms with van der Waals surface area (Å²) < 4.78 is 4.89. The van der Waals surface area contributed by atoms with Crippen molar-refractivity contribution in [3.8, 4) is 0 Å². The highest BCUT2D eigenvalue weighted by atomic mass is 16.3. The Hall–Kier alpha value is -1.86. The van der Waals surface area contributed by atoms with Gasteiger partial charge in [-0.1, -0.05) is 19.3 Å². The van der Waals surface area contributed by atoms with Crippen LogP contribution in [-0.2, 0) is 4.79 Å². The van der Waals surface area contributed by atoms with E-state index in [1.54, 1.807) is 0 Å². The van der Waals surface area contributed by atoms with Crippen molar-refractivity contribution in [1.29, 1.82) is 0 Å². The standard InChI is InChI=1S/C16H22N2O5/c19-12-8-18(16(22)10-6-7-23-9-10)13(14(12)20)15(21)17-11-4-2-1-3-5-11/h6-7,9,11-14,19-20H,1-5,8H2,(H,17,21)/t12-,13?,14+/m0/s1. The van der Waals surface area contributed by atoms with E-state index < -0.39 is 30.1 Å². The Labute approximate surface area is 134 Å². The van der Waals surface area contributed by atoms with Crippen molar-refractivity contribution in [3.63, 3.8) is 0 Å². The van der Waals surface area contributed by atoms with Crippen LogP contribution in [0.4, 0.5) is 0 Å². The van der Waals surface area contributed by atoms with Crippen molar-refractivity contribution in [1.82, 2.24) is 10.2 Å². The molecule has 2 heterocycles. The highest BCUT2D eigenvalue weighted by Gasteiger charge is 2.47. The summed E-state index contributed by atoms with van der Waals surface area (Å²) in [6.07, 6.45) is 5.36. The minimum Gasteiger partial charge on any atom is -0.472 e. The molecule has 1 unspecified atom stereocenters. The lowest BCUT2D eigenvalue weighted by Gasteiger charge is -2.29. The first kappa shape index (κ1) is 16.0. The van der Waals surface area contributed by atoms with E-state index in [9.17, 15) is 19.8 Å². The number of hydrogen-bond acceptors (Lipinski definition) is 5. The van der Waals surface area contributed by atoms with Gasteiger partial charge in [0.15, 0.2) is 0 Å². The van der Waals surface area contributed by atoms with E-state index in [-0.39, 0.29) is 12.6 Å². The molecular formula is C16H22N2O5. The third kappa shape index (κ3) is 3.25. The molecule has 2 aliphatic rings. The molecular weight excluding hydrogens is 300 g/mol. The molecule has 23 heavy (non-hydrogen) atoms. The van der Waals surface area contributed by atoms with E-state index in [2.05, 4.69) is 5.32 Å². The van der Waals surface area contributed by atoms with E-state index in [0.29, 0.717) is 5.56 Å². The molecule has 1 aromatic rings. The molecule has 7 heteroatoms. The fourth-order valence-electron chi connectivity index (χ4n) is 3.41. The van der Waals surface area contributed by atoms with Crippen LogP contribution in [0.25, 0.3) is 0 Å². The van der Waals surface area contributed by atoms with Gasteiger partial charge in [0.05, 0.1) is 18.4 Å². The van der Waals surface area contributed by atoms with Crippen LogP contribution < -0.4 is 5.32 Å². The van der Waals surface area contributed by atoms with Gasteiger partial charge in [-0.25, -0.2) is 0 Å². The van der Waals surface area contributed by atoms with E-state index in [1.807, 2.05) is 0 Å². The third-order valence-corrected chi connectivity index (χ3v) is 4.69. The van der Waals surface area contributed by atoms with Crippen molar-refractivity contribution in [2.75, 3.05) is 6.54 Å². The molecule has 1 aliphatic heterocycles. The summed E-state index contributed by atoms with van der Waals surface area (Å²) in [6.45, 7) is -0.0755. The normalized spacial score (nSPS) is 28.8. The van der Waals surface area contributed by atoms with Gasteiger partial charge in [0.25, 0.3) is 5.91 Å². The molecule has 2 amide bonds. The minimum atomic E-state index is -1.28. The van der Waals surface area contributed by atoms with Gasteiger partial charge in [-0.05, 0) is 18.9 Å². The monoisotopic (exact) mass is 322 g/mol. The smallest absolute Gasteiger partial charge is 0.257 e. The number of β-amino-alcohol motifs (C(OH)–C–C–N with tert-alkyl or cyclic N) is 1. The fourth-order valence-corrected chi connectivity index (χ4v) is 3.41. The number of nitrogens with zero attached hydrogens (tertiary/aromatic N) is 1. The number of likely N-dealkylation sites (tertiary alicyclic amines) is 1. The van der Waals surface area contributed by atoms with Gasteiger partial charge >= 0.3 is 0 Å². The Morgan fingerprint density at radius 3 is 2.61 bits per heavy atom. The van der Waals surface area contributed by atoms with Crippen LogP contribution in [0.2, 0.25) is 0 Å². The lowest BCUT2D eigenvalue weighted by molar-refractivity contribution is -0.128. The average molecular weight is 322 g/mol. The maximum absolute atomic E-state index is 12.6. The second-order valence-corrected chi connectivity index (χ2v) is 6.32. The maximum atomic E-state index is 12.6. The Kier molecular flexibility index (Phi) is 4.68. The fraction of sp³-hybridized carbons (Fsp3) is 0.625. The lowest BCUT2D eigenvalue weighted by Crippen LogP contribution is -2.53. The molecule has 3 atom stereocenters. The molecule has 0 radical (unpaired) electrons. The van der Waals surface area contributed by atoms with E-state index >= 15 is 0 Å². The van der Waals surface area contributed by atoms with Gasteiger partial charge < -0.3 is 24.8 Å². The molecule has 1 aliphatic carbocycles. The van der Waals surface area contributed by atoms with Gasteiger partial charge in [0.2, 0.25) is 5.91 Å². The van der Waals surface area contributed by atoms with Crippen molar-refractivity contribution < 1.29 is 24.2 Å². The van der Waals surface area contributed by atoms with Crippen LogP contribution in [0, 0.1) is 0 Å². The Balaban J connectivity index is 1.73. The number of carbonyl (C=O) groups is 2. The number of furan rings is 1. The zero-order chi connectivity index (χ0) is 16.4. The molecule has 0 spiro atoms. The number of rotatable bonds is 3. The highest BCUT2D eigenvalue weighted by Crippen LogP contribution is 2.23. The zero-order valence-corrected chi connectivity index (χ0v) is 12.9. The van der Waals surface area contributed by atoms with E-state index in [0.717, 1.165) is 25.7 Å². The highest BCUT2D eigenvalue weighted by molar-refractivity contribution is 5.98. The number of aliphatic hydroxyl groups is 2. The van der Waals surface area contributed by atoms with Crippen LogP contribution in [0.5, 0.6) is 0 Å². The Morgan fingerprint density at radius 1 is 1.22 bits per heavy atom. The molecule has 0 bridgehead atoms. The van der Waals surface area contributed by atoms with Gasteiger partial charge in [-0.2, -0.15) is 0 Å². The van der Waals surface area contributed by atoms with Gasteiger partial charge in [-0.15, -0.1) is 0 Å². The largest absolute Gasteiger partial charge is 0.472 e. The topological polar surface area (TPSA) is 103 Å². The van der Waals surface area contributed by atoms with Crippen LogP contribution in [-0.4, -0.2) is 57.8 Å². The summed E-state index contributed by atoms with van der Waals surface area (Å²) in [4.78, 5) is 26.2. The number of nitrogens with one attached hydrogen (secondary N) is 1. The Morgan fingerprint density at radius 2 is 1.96 bits per heavy atom. The van der Waals surface area contributed by atoms with Crippen molar-refractivity contribution in [2.45, 2.75) is 56.4 Å². The summed E-state index contributed by atoms with van der Waals surface area (Å²) in [5.74, 6) is -0.837. The molecule has 7 nitrogen and oxygen atoms in total. The number of carbonyl (C=O) groups excluding carboxylic acids is 2. The molecule has 3 N–H and O–H groups in total. The quantitative estimate of drug-likeness (QED) is 0.741. The van der Waals surface area contributed by atoms with Crippen molar-refractivity contribution in [3.05, 3.63) is 24.2 Å². The Bertz CT molecular complexity index is 553. The summed E-state index contributed by atoms with van der Waals surface area (Å²) in [7, 11) is 0. The first-order valence-corrected chi connectivity index (χ1v) is 8.07. The molecule has 1 saturated carbocycles. The SMILES string of the molecule is O=C(NC1CCCCC1)C1[C@H](O)[C@@H](O)CN1C(=O)c1ccoc1. The molecule has 126 valence electrons. The molecule has 2 fully saturated rings. The average Bonchev–Trinajstić information content (AvgIpc) is 3.17. The van der Waals surface area contributed by atoms with Gasteiger partial charge in [0, 0.05) is 6.04 Å². The zero-order valence-electron chi connectivity index (χ0n) is 12.9. The molecule has 3 rings (SSSR count). The van der Waals surface area contributed by atoms with E-state index in [1.165, 1.54) is 29.9 Å².